The molecule has 4 rings (SSSR count). The minimum Gasteiger partial charge on any atom is -0.508 e. The molecule has 0 saturated heterocycles. The van der Waals surface area contributed by atoms with E-state index >= 15 is 0 Å². The van der Waals surface area contributed by atoms with Crippen LogP contribution in [0.4, 0.5) is 8.78 Å². The normalized spacial score (nSPS) is 26.4. The largest absolute Gasteiger partial charge is 0.508 e. The molecule has 0 fully saturated rings. The first-order chi connectivity index (χ1) is 10.6. The Balaban J connectivity index is 0.00000156. The molecule has 1 aromatic carbocycles. The van der Waals surface area contributed by atoms with E-state index in [9.17, 15) is 13.9 Å². The molecule has 0 bridgehead atoms. The Bertz CT molecular complexity index is 721. The van der Waals surface area contributed by atoms with E-state index in [0.29, 0.717) is 6.42 Å². The summed E-state index contributed by atoms with van der Waals surface area (Å²) in [6, 6.07) is 6.74. The van der Waals surface area contributed by atoms with Crippen molar-refractivity contribution < 1.29 is 13.9 Å². The zero-order valence-corrected chi connectivity index (χ0v) is 13.3. The second-order valence-electron chi connectivity index (χ2n) is 6.14. The van der Waals surface area contributed by atoms with Crippen molar-refractivity contribution in [2.75, 3.05) is 6.54 Å². The van der Waals surface area contributed by atoms with E-state index < -0.39 is 5.83 Å². The van der Waals surface area contributed by atoms with E-state index in [0.717, 1.165) is 36.1 Å². The topological polar surface area (TPSA) is 32.3 Å². The summed E-state index contributed by atoms with van der Waals surface area (Å²) in [6.07, 6.45) is 3.46. The maximum Gasteiger partial charge on any atom is 0.133 e. The maximum atomic E-state index is 14.3. The number of halogens is 3. The lowest BCUT2D eigenvalue weighted by Gasteiger charge is -2.25. The van der Waals surface area contributed by atoms with Crippen molar-refractivity contribution in [3.05, 3.63) is 64.3 Å². The maximum absolute atomic E-state index is 14.3. The van der Waals surface area contributed by atoms with Crippen LogP contribution in [0, 0.1) is 5.92 Å². The van der Waals surface area contributed by atoms with Gasteiger partial charge in [-0.1, -0.05) is 12.1 Å². The van der Waals surface area contributed by atoms with E-state index in [1.54, 1.807) is 12.1 Å². The average molecular weight is 338 g/mol. The van der Waals surface area contributed by atoms with E-state index in [-0.39, 0.29) is 41.5 Å². The zero-order valence-electron chi connectivity index (χ0n) is 12.5. The average Bonchev–Trinajstić information content (AvgIpc) is 2.75. The SMILES string of the molecule is Cl.Oc1ccc([C@H]2NCC[C@@H]3CCC(F)=C4C(F)=CC2=C43)cc1. The minimum atomic E-state index is -0.445. The molecular formula is C18H18ClF2NO. The van der Waals surface area contributed by atoms with Crippen LogP contribution in [0.25, 0.3) is 0 Å². The third kappa shape index (κ3) is 2.60. The molecule has 5 heteroatoms. The number of phenols is 1. The third-order valence-corrected chi connectivity index (χ3v) is 4.87. The van der Waals surface area contributed by atoms with Gasteiger partial charge in [-0.25, -0.2) is 8.78 Å². The standard InChI is InChI=1S/C18H17F2NO.ClH/c19-14-6-3-10-7-8-21-18(11-1-4-12(22)5-2-11)13-9-15(20)17(14)16(10)13;/h1-2,4-5,9-10,18,21-22H,3,6-8H2;1H/t10-,18+;/m0./s1. The van der Waals surface area contributed by atoms with Crippen LogP contribution in [0.15, 0.2) is 58.7 Å². The van der Waals surface area contributed by atoms with Crippen LogP contribution >= 0.6 is 12.4 Å². The van der Waals surface area contributed by atoms with Gasteiger partial charge in [0.05, 0.1) is 6.04 Å². The molecular weight excluding hydrogens is 320 g/mol. The van der Waals surface area contributed by atoms with Crippen LogP contribution in [0.1, 0.15) is 30.9 Å². The van der Waals surface area contributed by atoms with Gasteiger partial charge in [0.1, 0.15) is 17.4 Å². The highest BCUT2D eigenvalue weighted by Crippen LogP contribution is 2.50. The van der Waals surface area contributed by atoms with Gasteiger partial charge in [0.25, 0.3) is 0 Å². The quantitative estimate of drug-likeness (QED) is 0.782. The fourth-order valence-electron chi connectivity index (χ4n) is 3.85. The van der Waals surface area contributed by atoms with Crippen molar-refractivity contribution in [3.8, 4) is 5.75 Å². The van der Waals surface area contributed by atoms with Crippen molar-refractivity contribution in [1.29, 1.82) is 0 Å². The monoisotopic (exact) mass is 337 g/mol. The summed E-state index contributed by atoms with van der Waals surface area (Å²) in [4.78, 5) is 0. The molecule has 2 aliphatic carbocycles. The summed E-state index contributed by atoms with van der Waals surface area (Å²) in [5, 5.41) is 12.9. The number of benzene rings is 1. The second kappa shape index (κ2) is 6.10. The molecule has 23 heavy (non-hydrogen) atoms. The van der Waals surface area contributed by atoms with Crippen LogP contribution in [-0.2, 0) is 0 Å². The number of allylic oxidation sites excluding steroid dienone is 4. The molecule has 1 aliphatic heterocycles. The van der Waals surface area contributed by atoms with Crippen molar-refractivity contribution in [2.45, 2.75) is 25.3 Å². The molecule has 0 spiro atoms. The van der Waals surface area contributed by atoms with Gasteiger partial charge in [0, 0.05) is 12.0 Å². The molecule has 0 radical (unpaired) electrons. The molecule has 2 nitrogen and oxygen atoms in total. The Morgan fingerprint density at radius 2 is 1.83 bits per heavy atom. The lowest BCUT2D eigenvalue weighted by Crippen LogP contribution is -2.22. The lowest BCUT2D eigenvalue weighted by molar-refractivity contribution is 0.441. The van der Waals surface area contributed by atoms with Crippen LogP contribution in [0.5, 0.6) is 5.75 Å². The van der Waals surface area contributed by atoms with Crippen LogP contribution in [-0.4, -0.2) is 11.7 Å². The highest BCUT2D eigenvalue weighted by Gasteiger charge is 2.38. The minimum absolute atomic E-state index is 0. The molecule has 0 amide bonds. The van der Waals surface area contributed by atoms with Gasteiger partial charge in [-0.05, 0) is 60.2 Å². The van der Waals surface area contributed by atoms with Gasteiger partial charge in [-0.3, -0.25) is 0 Å². The zero-order chi connectivity index (χ0) is 15.3. The summed E-state index contributed by atoms with van der Waals surface area (Å²) in [5.41, 5.74) is 2.86. The molecule has 1 heterocycles. The summed E-state index contributed by atoms with van der Waals surface area (Å²) >= 11 is 0. The first kappa shape index (κ1) is 16.2. The number of nitrogens with one attached hydrogen (secondary N) is 1. The lowest BCUT2D eigenvalue weighted by atomic mass is 9.80. The smallest absolute Gasteiger partial charge is 0.133 e. The predicted molar refractivity (Wildman–Crippen MR) is 87.8 cm³/mol. The summed E-state index contributed by atoms with van der Waals surface area (Å²) in [6.45, 7) is 0.813. The summed E-state index contributed by atoms with van der Waals surface area (Å²) < 4.78 is 28.4. The molecule has 3 aliphatic rings. The first-order valence-corrected chi connectivity index (χ1v) is 7.68. The van der Waals surface area contributed by atoms with Crippen molar-refractivity contribution >= 4 is 12.4 Å². The number of hydrogen-bond acceptors (Lipinski definition) is 2. The number of hydrogen-bond donors (Lipinski definition) is 2. The van der Waals surface area contributed by atoms with Gasteiger partial charge >= 0.3 is 0 Å². The van der Waals surface area contributed by atoms with E-state index in [4.69, 9.17) is 0 Å². The van der Waals surface area contributed by atoms with Gasteiger partial charge in [0.15, 0.2) is 0 Å². The van der Waals surface area contributed by atoms with Gasteiger partial charge in [-0.15, -0.1) is 12.4 Å². The fourth-order valence-corrected chi connectivity index (χ4v) is 3.85. The Labute approximate surface area is 140 Å². The van der Waals surface area contributed by atoms with Crippen LogP contribution in [0.3, 0.4) is 0 Å². The van der Waals surface area contributed by atoms with E-state index in [2.05, 4.69) is 5.32 Å². The van der Waals surface area contributed by atoms with Crippen LogP contribution in [0.2, 0.25) is 0 Å². The summed E-state index contributed by atoms with van der Waals surface area (Å²) in [5.74, 6) is -0.338. The molecule has 2 N–H and O–H groups in total. The fraction of sp³-hybridized carbons (Fsp3) is 0.333. The molecule has 122 valence electrons. The molecule has 0 aromatic heterocycles. The molecule has 1 aromatic rings. The van der Waals surface area contributed by atoms with Crippen molar-refractivity contribution in [3.63, 3.8) is 0 Å². The Morgan fingerprint density at radius 1 is 1.09 bits per heavy atom. The second-order valence-corrected chi connectivity index (χ2v) is 6.14. The summed E-state index contributed by atoms with van der Waals surface area (Å²) in [7, 11) is 0. The molecule has 2 atom stereocenters. The van der Waals surface area contributed by atoms with E-state index in [1.165, 1.54) is 6.08 Å². The highest BCUT2D eigenvalue weighted by atomic mass is 35.5. The molecule has 0 unspecified atom stereocenters. The van der Waals surface area contributed by atoms with Gasteiger partial charge in [-0.2, -0.15) is 0 Å². The van der Waals surface area contributed by atoms with Gasteiger partial charge in [0.2, 0.25) is 0 Å². The predicted octanol–water partition coefficient (Wildman–Crippen LogP) is 4.65. The highest BCUT2D eigenvalue weighted by molar-refractivity contribution is 5.85. The number of aromatic hydroxyl groups is 1. The Morgan fingerprint density at radius 3 is 2.57 bits per heavy atom. The molecule has 0 saturated carbocycles. The third-order valence-electron chi connectivity index (χ3n) is 4.87. The van der Waals surface area contributed by atoms with Crippen molar-refractivity contribution in [1.82, 2.24) is 5.32 Å². The first-order valence-electron chi connectivity index (χ1n) is 7.68. The number of rotatable bonds is 1. The van der Waals surface area contributed by atoms with Crippen LogP contribution < -0.4 is 5.32 Å². The number of phenolic OH excluding ortho intramolecular Hbond substituents is 1. The Kier molecular flexibility index (Phi) is 4.30. The van der Waals surface area contributed by atoms with Gasteiger partial charge < -0.3 is 10.4 Å². The van der Waals surface area contributed by atoms with E-state index in [1.807, 2.05) is 12.1 Å². The Hall–Kier alpha value is -1.65. The van der Waals surface area contributed by atoms with Crippen molar-refractivity contribution in [2.24, 2.45) is 5.92 Å².